The molecule has 0 fully saturated rings. The van der Waals surface area contributed by atoms with Gasteiger partial charge in [-0.05, 0) is 26.0 Å². The Morgan fingerprint density at radius 1 is 1.33 bits per heavy atom. The predicted octanol–water partition coefficient (Wildman–Crippen LogP) is 2.53. The van der Waals surface area contributed by atoms with Crippen LogP contribution in [0.15, 0.2) is 24.5 Å². The molecule has 1 unspecified atom stereocenters. The zero-order valence-corrected chi connectivity index (χ0v) is 9.58. The Hall–Kier alpha value is -1.26. The minimum Gasteiger partial charge on any atom is -0.322 e. The molecule has 78 valence electrons. The van der Waals surface area contributed by atoms with Crippen LogP contribution in [0.1, 0.15) is 22.9 Å². The molecule has 0 aliphatic carbocycles. The summed E-state index contributed by atoms with van der Waals surface area (Å²) in [6, 6.07) is 3.93. The van der Waals surface area contributed by atoms with E-state index in [1.165, 1.54) is 4.88 Å². The van der Waals surface area contributed by atoms with E-state index in [-0.39, 0.29) is 6.04 Å². The highest BCUT2D eigenvalue weighted by Gasteiger charge is 2.11. The molecule has 0 saturated heterocycles. The van der Waals surface area contributed by atoms with Crippen LogP contribution >= 0.6 is 11.3 Å². The van der Waals surface area contributed by atoms with Crippen molar-refractivity contribution in [2.45, 2.75) is 19.9 Å². The van der Waals surface area contributed by atoms with Crippen molar-refractivity contribution in [3.05, 3.63) is 34.4 Å². The van der Waals surface area contributed by atoms with Crippen LogP contribution < -0.4 is 5.73 Å². The van der Waals surface area contributed by atoms with Crippen molar-refractivity contribution in [2.24, 2.45) is 5.73 Å². The van der Waals surface area contributed by atoms with E-state index in [9.17, 15) is 0 Å². The van der Waals surface area contributed by atoms with Gasteiger partial charge < -0.3 is 5.73 Å². The van der Waals surface area contributed by atoms with Crippen LogP contribution in [0.25, 0.3) is 11.3 Å². The van der Waals surface area contributed by atoms with Crippen LogP contribution in [0, 0.1) is 6.92 Å². The summed E-state index contributed by atoms with van der Waals surface area (Å²) < 4.78 is 0. The van der Waals surface area contributed by atoms with Gasteiger partial charge in [-0.25, -0.2) is 4.98 Å². The maximum absolute atomic E-state index is 5.81. The van der Waals surface area contributed by atoms with Gasteiger partial charge >= 0.3 is 0 Å². The quantitative estimate of drug-likeness (QED) is 0.844. The molecule has 2 N–H and O–H groups in total. The predicted molar refractivity (Wildman–Crippen MR) is 62.7 cm³/mol. The molecule has 3 nitrogen and oxygen atoms in total. The van der Waals surface area contributed by atoms with E-state index in [1.54, 1.807) is 23.7 Å². The summed E-state index contributed by atoms with van der Waals surface area (Å²) >= 11 is 1.66. The first-order chi connectivity index (χ1) is 7.18. The Kier molecular flexibility index (Phi) is 2.79. The Labute approximate surface area is 93.0 Å². The molecule has 15 heavy (non-hydrogen) atoms. The molecule has 0 aliphatic heterocycles. The normalized spacial score (nSPS) is 12.7. The SMILES string of the molecule is Cc1sc(C(C)N)nc1-c1ccncc1. The molecule has 0 spiro atoms. The smallest absolute Gasteiger partial charge is 0.110 e. The maximum Gasteiger partial charge on any atom is 0.110 e. The average Bonchev–Trinajstić information content (AvgIpc) is 2.62. The van der Waals surface area contributed by atoms with Gasteiger partial charge in [0, 0.05) is 22.8 Å². The highest BCUT2D eigenvalue weighted by atomic mass is 32.1. The molecule has 0 aromatic carbocycles. The van der Waals surface area contributed by atoms with E-state index in [0.29, 0.717) is 0 Å². The van der Waals surface area contributed by atoms with Crippen LogP contribution in [-0.4, -0.2) is 9.97 Å². The number of nitrogens with two attached hydrogens (primary N) is 1. The first-order valence-corrected chi connectivity index (χ1v) is 5.63. The van der Waals surface area contributed by atoms with Crippen molar-refractivity contribution in [1.29, 1.82) is 0 Å². The van der Waals surface area contributed by atoms with Gasteiger partial charge in [0.1, 0.15) is 5.01 Å². The van der Waals surface area contributed by atoms with E-state index in [1.807, 2.05) is 19.1 Å². The fourth-order valence-corrected chi connectivity index (χ4v) is 2.29. The first-order valence-electron chi connectivity index (χ1n) is 4.82. The van der Waals surface area contributed by atoms with Crippen LogP contribution in [0.5, 0.6) is 0 Å². The highest BCUT2D eigenvalue weighted by molar-refractivity contribution is 7.12. The van der Waals surface area contributed by atoms with E-state index < -0.39 is 0 Å². The zero-order valence-electron chi connectivity index (χ0n) is 8.77. The van der Waals surface area contributed by atoms with Crippen molar-refractivity contribution in [2.75, 3.05) is 0 Å². The number of rotatable bonds is 2. The number of nitrogens with zero attached hydrogens (tertiary/aromatic N) is 2. The number of aromatic nitrogens is 2. The second-order valence-corrected chi connectivity index (χ2v) is 4.72. The lowest BCUT2D eigenvalue weighted by molar-refractivity contribution is 0.808. The number of aryl methyl sites for hydroxylation is 1. The Balaban J connectivity index is 2.45. The lowest BCUT2D eigenvalue weighted by atomic mass is 10.2. The fourth-order valence-electron chi connectivity index (χ4n) is 1.39. The van der Waals surface area contributed by atoms with Crippen LogP contribution in [0.3, 0.4) is 0 Å². The largest absolute Gasteiger partial charge is 0.322 e. The minimum atomic E-state index is 0.00397. The summed E-state index contributed by atoms with van der Waals surface area (Å²) in [6.45, 7) is 4.02. The Morgan fingerprint density at radius 2 is 2.00 bits per heavy atom. The van der Waals surface area contributed by atoms with Crippen LogP contribution in [0.2, 0.25) is 0 Å². The van der Waals surface area contributed by atoms with E-state index >= 15 is 0 Å². The molecule has 0 aliphatic rings. The molecule has 1 atom stereocenters. The number of thiazole rings is 1. The summed E-state index contributed by atoms with van der Waals surface area (Å²) in [6.07, 6.45) is 3.55. The lowest BCUT2D eigenvalue weighted by Crippen LogP contribution is -2.03. The maximum atomic E-state index is 5.81. The topological polar surface area (TPSA) is 51.8 Å². The number of hydrogen-bond acceptors (Lipinski definition) is 4. The molecule has 0 amide bonds. The Bertz CT molecular complexity index is 448. The van der Waals surface area contributed by atoms with Gasteiger partial charge in [-0.3, -0.25) is 4.98 Å². The molecule has 2 aromatic rings. The molecule has 0 bridgehead atoms. The minimum absolute atomic E-state index is 0.00397. The highest BCUT2D eigenvalue weighted by Crippen LogP contribution is 2.29. The van der Waals surface area contributed by atoms with Crippen molar-refractivity contribution in [3.63, 3.8) is 0 Å². The molecule has 2 aromatic heterocycles. The summed E-state index contributed by atoms with van der Waals surface area (Å²) in [4.78, 5) is 9.74. The summed E-state index contributed by atoms with van der Waals surface area (Å²) in [7, 11) is 0. The number of pyridine rings is 1. The summed E-state index contributed by atoms with van der Waals surface area (Å²) in [5.74, 6) is 0. The van der Waals surface area contributed by atoms with Gasteiger partial charge in [-0.1, -0.05) is 0 Å². The fraction of sp³-hybridized carbons (Fsp3) is 0.273. The molecule has 0 saturated carbocycles. The van der Waals surface area contributed by atoms with Crippen LogP contribution in [-0.2, 0) is 0 Å². The monoisotopic (exact) mass is 219 g/mol. The summed E-state index contributed by atoms with van der Waals surface area (Å²) in [5, 5.41) is 0.985. The standard InChI is InChI=1S/C11H13N3S/c1-7(12)11-14-10(8(2)15-11)9-3-5-13-6-4-9/h3-7H,12H2,1-2H3. The molecule has 2 heterocycles. The third-order valence-electron chi connectivity index (χ3n) is 2.16. The Morgan fingerprint density at radius 3 is 2.53 bits per heavy atom. The molecular weight excluding hydrogens is 206 g/mol. The van der Waals surface area contributed by atoms with E-state index in [2.05, 4.69) is 16.9 Å². The van der Waals surface area contributed by atoms with Gasteiger partial charge in [0.05, 0.1) is 11.7 Å². The molecule has 0 radical (unpaired) electrons. The van der Waals surface area contributed by atoms with E-state index in [4.69, 9.17) is 5.73 Å². The van der Waals surface area contributed by atoms with Gasteiger partial charge in [-0.15, -0.1) is 11.3 Å². The first kappa shape index (κ1) is 10.3. The van der Waals surface area contributed by atoms with Gasteiger partial charge in [0.15, 0.2) is 0 Å². The molecular formula is C11H13N3S. The van der Waals surface area contributed by atoms with E-state index in [0.717, 1.165) is 16.3 Å². The van der Waals surface area contributed by atoms with Gasteiger partial charge in [-0.2, -0.15) is 0 Å². The van der Waals surface area contributed by atoms with Crippen LogP contribution in [0.4, 0.5) is 0 Å². The van der Waals surface area contributed by atoms with Gasteiger partial charge in [0.2, 0.25) is 0 Å². The second-order valence-electron chi connectivity index (χ2n) is 3.48. The third kappa shape index (κ3) is 2.06. The third-order valence-corrected chi connectivity index (χ3v) is 3.33. The molecule has 2 rings (SSSR count). The van der Waals surface area contributed by atoms with Crippen molar-refractivity contribution in [3.8, 4) is 11.3 Å². The number of hydrogen-bond donors (Lipinski definition) is 1. The lowest BCUT2D eigenvalue weighted by Gasteiger charge is -1.98. The zero-order chi connectivity index (χ0) is 10.8. The molecule has 4 heteroatoms. The van der Waals surface area contributed by atoms with Crippen molar-refractivity contribution >= 4 is 11.3 Å². The second kappa shape index (κ2) is 4.08. The summed E-state index contributed by atoms with van der Waals surface area (Å²) in [5.41, 5.74) is 7.93. The van der Waals surface area contributed by atoms with Crippen molar-refractivity contribution in [1.82, 2.24) is 9.97 Å². The average molecular weight is 219 g/mol. The van der Waals surface area contributed by atoms with Gasteiger partial charge in [0.25, 0.3) is 0 Å². The van der Waals surface area contributed by atoms with Crippen molar-refractivity contribution < 1.29 is 0 Å².